The van der Waals surface area contributed by atoms with Crippen LogP contribution in [0.15, 0.2) is 73.2 Å². The van der Waals surface area contributed by atoms with Gasteiger partial charge in [-0.1, -0.05) is 24.3 Å². The van der Waals surface area contributed by atoms with Crippen molar-refractivity contribution in [3.63, 3.8) is 0 Å². The number of aromatic nitrogens is 2. The molecule has 2 heterocycles. The lowest BCUT2D eigenvalue weighted by atomic mass is 9.75. The maximum atomic E-state index is 13.5. The van der Waals surface area contributed by atoms with Crippen molar-refractivity contribution in [1.82, 2.24) is 9.55 Å². The number of benzene rings is 1. The van der Waals surface area contributed by atoms with E-state index < -0.39 is 0 Å². The monoisotopic (exact) mass is 416 g/mol. The lowest BCUT2D eigenvalue weighted by Crippen LogP contribution is -2.26. The zero-order valence-corrected chi connectivity index (χ0v) is 17.9. The first-order valence-corrected chi connectivity index (χ1v) is 11.3. The van der Waals surface area contributed by atoms with Crippen LogP contribution in [0.25, 0.3) is 17.2 Å². The molecule has 0 radical (unpaired) electrons. The van der Waals surface area contributed by atoms with Gasteiger partial charge in [-0.25, -0.2) is 4.39 Å². The summed E-state index contributed by atoms with van der Waals surface area (Å²) in [6.07, 6.45) is 15.8. The van der Waals surface area contributed by atoms with Crippen molar-refractivity contribution in [2.24, 2.45) is 17.8 Å². The zero-order chi connectivity index (χ0) is 21.2. The molecule has 3 aromatic rings. The Hall–Kier alpha value is -2.72. The molecule has 0 N–H and O–H groups in total. The summed E-state index contributed by atoms with van der Waals surface area (Å²) in [4.78, 5) is 4.59. The summed E-state index contributed by atoms with van der Waals surface area (Å²) < 4.78 is 21.8. The van der Waals surface area contributed by atoms with Crippen LogP contribution >= 0.6 is 0 Å². The molecule has 5 rings (SSSR count). The largest absolute Gasteiger partial charge is 0.381 e. The molecule has 3 nitrogen and oxygen atoms in total. The standard InChI is InChI=1S/C27H29FN2O/c1-31-27-17-21-16-24(30-13-2-3-14-30)10-12-25(21)26(27)11-9-23-8-7-20(18-29-23)19-5-4-6-22(28)15-19/h2-9,11,13-15,18,21,24-27H,10,12,16-17H2,1H3/b11-9+/t21-,24?,25-,26+,27+/m1/s1. The fourth-order valence-corrected chi connectivity index (χ4v) is 5.71. The molecule has 1 unspecified atom stereocenters. The summed E-state index contributed by atoms with van der Waals surface area (Å²) in [5, 5.41) is 0. The Morgan fingerprint density at radius 3 is 2.65 bits per heavy atom. The first-order valence-electron chi connectivity index (χ1n) is 11.3. The summed E-state index contributed by atoms with van der Waals surface area (Å²) in [5.74, 6) is 1.60. The number of pyridine rings is 1. The molecule has 0 aliphatic heterocycles. The van der Waals surface area contributed by atoms with E-state index in [9.17, 15) is 4.39 Å². The normalized spacial score (nSPS) is 28.1. The number of nitrogens with zero attached hydrogens (tertiary/aromatic N) is 2. The van der Waals surface area contributed by atoms with Gasteiger partial charge in [-0.05, 0) is 79.5 Å². The molecular formula is C27H29FN2O. The minimum absolute atomic E-state index is 0.227. The van der Waals surface area contributed by atoms with Crippen molar-refractivity contribution >= 4 is 6.08 Å². The first kappa shape index (κ1) is 20.2. The van der Waals surface area contributed by atoms with Crippen LogP contribution < -0.4 is 0 Å². The number of halogens is 1. The van der Waals surface area contributed by atoms with E-state index >= 15 is 0 Å². The summed E-state index contributed by atoms with van der Waals surface area (Å²) in [6.45, 7) is 0. The number of ether oxygens (including phenoxy) is 1. The predicted octanol–water partition coefficient (Wildman–Crippen LogP) is 6.39. The van der Waals surface area contributed by atoms with Gasteiger partial charge in [0.05, 0.1) is 11.8 Å². The molecule has 0 spiro atoms. The van der Waals surface area contributed by atoms with Gasteiger partial charge in [-0.2, -0.15) is 0 Å². The Labute approximate surface area is 183 Å². The van der Waals surface area contributed by atoms with E-state index in [2.05, 4.69) is 46.2 Å². The molecule has 2 aliphatic carbocycles. The highest BCUT2D eigenvalue weighted by Crippen LogP contribution is 2.50. The molecule has 2 aliphatic rings. The third-order valence-electron chi connectivity index (χ3n) is 7.26. The highest BCUT2D eigenvalue weighted by Gasteiger charge is 2.45. The first-order chi connectivity index (χ1) is 15.2. The fourth-order valence-electron chi connectivity index (χ4n) is 5.71. The maximum Gasteiger partial charge on any atom is 0.123 e. The third-order valence-corrected chi connectivity index (χ3v) is 7.26. The van der Waals surface area contributed by atoms with Gasteiger partial charge in [0.2, 0.25) is 0 Å². The van der Waals surface area contributed by atoms with Gasteiger partial charge in [-0.3, -0.25) is 4.98 Å². The van der Waals surface area contributed by atoms with E-state index in [1.807, 2.05) is 31.5 Å². The predicted molar refractivity (Wildman–Crippen MR) is 122 cm³/mol. The van der Waals surface area contributed by atoms with E-state index in [0.29, 0.717) is 23.8 Å². The van der Waals surface area contributed by atoms with Crippen molar-refractivity contribution in [3.8, 4) is 11.1 Å². The van der Waals surface area contributed by atoms with Crippen LogP contribution in [0.5, 0.6) is 0 Å². The average Bonchev–Trinajstić information content (AvgIpc) is 3.45. The second-order valence-corrected chi connectivity index (χ2v) is 8.95. The Balaban J connectivity index is 1.28. The summed E-state index contributed by atoms with van der Waals surface area (Å²) >= 11 is 0. The van der Waals surface area contributed by atoms with E-state index in [1.165, 1.54) is 25.3 Å². The molecule has 2 saturated carbocycles. The van der Waals surface area contributed by atoms with Crippen molar-refractivity contribution in [2.75, 3.05) is 7.11 Å². The SMILES string of the molecule is CO[C@H]1C[C@H]2CC(n3cccc3)CC[C@H]2[C@@H]1/C=C/c1ccc(-c2cccc(F)c2)cn1. The Morgan fingerprint density at radius 2 is 1.90 bits per heavy atom. The Morgan fingerprint density at radius 1 is 1.03 bits per heavy atom. The molecule has 4 heteroatoms. The van der Waals surface area contributed by atoms with Gasteiger partial charge < -0.3 is 9.30 Å². The third kappa shape index (κ3) is 4.22. The molecule has 2 aromatic heterocycles. The molecule has 0 bridgehead atoms. The van der Waals surface area contributed by atoms with Crippen molar-refractivity contribution in [3.05, 3.63) is 84.7 Å². The number of hydrogen-bond acceptors (Lipinski definition) is 2. The van der Waals surface area contributed by atoms with Crippen LogP contribution in [-0.2, 0) is 4.74 Å². The van der Waals surface area contributed by atoms with Crippen LogP contribution in [0.4, 0.5) is 4.39 Å². The molecular weight excluding hydrogens is 387 g/mol. The van der Waals surface area contributed by atoms with Crippen molar-refractivity contribution in [1.29, 1.82) is 0 Å². The summed E-state index contributed by atoms with van der Waals surface area (Å²) in [5.41, 5.74) is 2.70. The van der Waals surface area contributed by atoms with Gasteiger partial charge >= 0.3 is 0 Å². The zero-order valence-electron chi connectivity index (χ0n) is 17.9. The van der Waals surface area contributed by atoms with Crippen molar-refractivity contribution in [2.45, 2.75) is 37.8 Å². The second kappa shape index (κ2) is 8.80. The van der Waals surface area contributed by atoms with Gasteiger partial charge in [-0.15, -0.1) is 0 Å². The summed E-state index contributed by atoms with van der Waals surface area (Å²) in [7, 11) is 1.85. The minimum atomic E-state index is -0.227. The van der Waals surface area contributed by atoms with E-state index in [4.69, 9.17) is 4.74 Å². The summed E-state index contributed by atoms with van der Waals surface area (Å²) in [6, 6.07) is 15.5. The highest BCUT2D eigenvalue weighted by molar-refractivity contribution is 5.63. The Kier molecular flexibility index (Phi) is 5.73. The number of hydrogen-bond donors (Lipinski definition) is 0. The fraction of sp³-hybridized carbons (Fsp3) is 0.370. The van der Waals surface area contributed by atoms with Gasteiger partial charge in [0, 0.05) is 43.2 Å². The molecule has 0 saturated heterocycles. The topological polar surface area (TPSA) is 27.1 Å². The smallest absolute Gasteiger partial charge is 0.123 e. The molecule has 31 heavy (non-hydrogen) atoms. The van der Waals surface area contributed by atoms with Gasteiger partial charge in [0.1, 0.15) is 5.82 Å². The minimum Gasteiger partial charge on any atom is -0.381 e. The second-order valence-electron chi connectivity index (χ2n) is 8.95. The number of fused-ring (bicyclic) bond motifs is 1. The molecule has 1 aromatic carbocycles. The molecule has 0 amide bonds. The highest BCUT2D eigenvalue weighted by atomic mass is 19.1. The van der Waals surface area contributed by atoms with Crippen LogP contribution in [0.3, 0.4) is 0 Å². The van der Waals surface area contributed by atoms with Crippen LogP contribution in [0, 0.1) is 23.6 Å². The molecule has 2 fully saturated rings. The van der Waals surface area contributed by atoms with E-state index in [1.54, 1.807) is 12.1 Å². The van der Waals surface area contributed by atoms with E-state index in [0.717, 1.165) is 23.2 Å². The Bertz CT molecular complexity index is 1030. The lowest BCUT2D eigenvalue weighted by molar-refractivity contribution is 0.0777. The van der Waals surface area contributed by atoms with Crippen LogP contribution in [-0.4, -0.2) is 22.8 Å². The maximum absolute atomic E-state index is 13.5. The quantitative estimate of drug-likeness (QED) is 0.481. The van der Waals surface area contributed by atoms with Crippen LogP contribution in [0.2, 0.25) is 0 Å². The molecule has 160 valence electrons. The van der Waals surface area contributed by atoms with Gasteiger partial charge in [0.25, 0.3) is 0 Å². The lowest BCUT2D eigenvalue weighted by Gasteiger charge is -2.34. The number of rotatable bonds is 5. The van der Waals surface area contributed by atoms with Crippen molar-refractivity contribution < 1.29 is 9.13 Å². The van der Waals surface area contributed by atoms with E-state index in [-0.39, 0.29) is 11.9 Å². The average molecular weight is 417 g/mol. The number of methoxy groups -OCH3 is 1. The van der Waals surface area contributed by atoms with Gasteiger partial charge in [0.15, 0.2) is 0 Å². The van der Waals surface area contributed by atoms with Crippen LogP contribution in [0.1, 0.15) is 37.4 Å². The molecule has 5 atom stereocenters.